The monoisotopic (exact) mass is 499 g/mol. The third-order valence-electron chi connectivity index (χ3n) is 4.43. The van der Waals surface area contributed by atoms with Crippen molar-refractivity contribution >= 4 is 33.9 Å². The SMILES string of the molecule is CCOc1cc(C=NNC(=O)Nc2ccccc2C)c(Br)cc1OCc1ccc(F)cc1. The summed E-state index contributed by atoms with van der Waals surface area (Å²) in [6, 6.07) is 16.7. The molecule has 3 rings (SSSR count). The van der Waals surface area contributed by atoms with E-state index in [-0.39, 0.29) is 12.4 Å². The Bertz CT molecular complexity index is 1100. The van der Waals surface area contributed by atoms with Gasteiger partial charge in [-0.2, -0.15) is 5.10 Å². The van der Waals surface area contributed by atoms with E-state index in [0.29, 0.717) is 33.8 Å². The number of ether oxygens (including phenoxy) is 2. The summed E-state index contributed by atoms with van der Waals surface area (Å²) >= 11 is 3.49. The molecule has 166 valence electrons. The first-order chi connectivity index (χ1) is 15.5. The molecule has 0 spiro atoms. The van der Waals surface area contributed by atoms with Crippen LogP contribution in [0.2, 0.25) is 0 Å². The van der Waals surface area contributed by atoms with Crippen molar-refractivity contribution in [2.45, 2.75) is 20.5 Å². The van der Waals surface area contributed by atoms with Gasteiger partial charge in [0, 0.05) is 15.7 Å². The molecule has 0 bridgehead atoms. The average Bonchev–Trinajstić information content (AvgIpc) is 2.77. The van der Waals surface area contributed by atoms with Crippen LogP contribution in [0.25, 0.3) is 0 Å². The van der Waals surface area contributed by atoms with Crippen molar-refractivity contribution in [2.24, 2.45) is 5.10 Å². The number of hydrogen-bond donors (Lipinski definition) is 2. The van der Waals surface area contributed by atoms with Crippen molar-refractivity contribution in [3.63, 3.8) is 0 Å². The van der Waals surface area contributed by atoms with Crippen LogP contribution < -0.4 is 20.2 Å². The molecule has 0 aliphatic heterocycles. The largest absolute Gasteiger partial charge is 0.490 e. The standard InChI is InChI=1S/C24H23BrFN3O3/c1-3-31-22-12-18(14-27-29-24(30)28-21-7-5-4-6-16(21)2)20(25)13-23(22)32-15-17-8-10-19(26)11-9-17/h4-14H,3,15H2,1-2H3,(H2,28,29,30). The second-order valence-electron chi connectivity index (χ2n) is 6.81. The van der Waals surface area contributed by atoms with Crippen molar-refractivity contribution in [3.8, 4) is 11.5 Å². The van der Waals surface area contributed by atoms with E-state index >= 15 is 0 Å². The highest BCUT2D eigenvalue weighted by Gasteiger charge is 2.11. The Labute approximate surface area is 194 Å². The van der Waals surface area contributed by atoms with Gasteiger partial charge >= 0.3 is 6.03 Å². The van der Waals surface area contributed by atoms with Gasteiger partial charge in [0.2, 0.25) is 0 Å². The number of halogens is 2. The molecule has 0 aliphatic carbocycles. The number of nitrogens with one attached hydrogen (secondary N) is 2. The van der Waals surface area contributed by atoms with E-state index in [1.807, 2.05) is 38.1 Å². The molecular weight excluding hydrogens is 477 g/mol. The smallest absolute Gasteiger partial charge is 0.339 e. The van der Waals surface area contributed by atoms with Crippen LogP contribution in [0, 0.1) is 12.7 Å². The van der Waals surface area contributed by atoms with Gasteiger partial charge in [0.05, 0.1) is 12.8 Å². The van der Waals surface area contributed by atoms with E-state index in [2.05, 4.69) is 31.8 Å². The highest BCUT2D eigenvalue weighted by Crippen LogP contribution is 2.33. The van der Waals surface area contributed by atoms with Gasteiger partial charge < -0.3 is 14.8 Å². The minimum absolute atomic E-state index is 0.265. The Balaban J connectivity index is 1.67. The summed E-state index contributed by atoms with van der Waals surface area (Å²) in [5, 5.41) is 6.76. The third kappa shape index (κ3) is 6.55. The first kappa shape index (κ1) is 23.3. The van der Waals surface area contributed by atoms with Crippen LogP contribution in [0.3, 0.4) is 0 Å². The molecule has 0 saturated heterocycles. The van der Waals surface area contributed by atoms with Crippen molar-refractivity contribution in [2.75, 3.05) is 11.9 Å². The number of urea groups is 1. The number of carbonyl (C=O) groups is 1. The molecule has 0 aromatic heterocycles. The lowest BCUT2D eigenvalue weighted by molar-refractivity contribution is 0.252. The van der Waals surface area contributed by atoms with Crippen molar-refractivity contribution < 1.29 is 18.7 Å². The van der Waals surface area contributed by atoms with Crippen LogP contribution in [0.15, 0.2) is 70.2 Å². The minimum atomic E-state index is -0.448. The number of hydrazone groups is 1. The molecule has 6 nitrogen and oxygen atoms in total. The fourth-order valence-corrected chi connectivity index (χ4v) is 3.22. The second-order valence-corrected chi connectivity index (χ2v) is 7.66. The van der Waals surface area contributed by atoms with Crippen LogP contribution in [0.5, 0.6) is 11.5 Å². The summed E-state index contributed by atoms with van der Waals surface area (Å²) in [7, 11) is 0. The Kier molecular flexibility index (Phi) is 8.21. The van der Waals surface area contributed by atoms with Crippen molar-refractivity contribution in [1.82, 2.24) is 5.43 Å². The second kappa shape index (κ2) is 11.3. The Hall–Kier alpha value is -3.39. The van der Waals surface area contributed by atoms with Gasteiger partial charge in [-0.1, -0.05) is 30.3 Å². The summed E-state index contributed by atoms with van der Waals surface area (Å²) < 4.78 is 25.4. The topological polar surface area (TPSA) is 72.0 Å². The molecule has 8 heteroatoms. The number of carbonyl (C=O) groups excluding carboxylic acids is 1. The van der Waals surface area contributed by atoms with Gasteiger partial charge in [0.25, 0.3) is 0 Å². The van der Waals surface area contributed by atoms with Gasteiger partial charge in [0.15, 0.2) is 11.5 Å². The number of hydrogen-bond acceptors (Lipinski definition) is 4. The lowest BCUT2D eigenvalue weighted by Crippen LogP contribution is -2.24. The lowest BCUT2D eigenvalue weighted by Gasteiger charge is -2.14. The number of para-hydroxylation sites is 1. The minimum Gasteiger partial charge on any atom is -0.490 e. The number of aryl methyl sites for hydroxylation is 1. The van der Waals surface area contributed by atoms with Gasteiger partial charge in [0.1, 0.15) is 12.4 Å². The molecule has 0 atom stereocenters. The summed E-state index contributed by atoms with van der Waals surface area (Å²) in [6.07, 6.45) is 1.51. The highest BCUT2D eigenvalue weighted by molar-refractivity contribution is 9.10. The Morgan fingerprint density at radius 1 is 1.09 bits per heavy atom. The number of nitrogens with zero attached hydrogens (tertiary/aromatic N) is 1. The van der Waals surface area contributed by atoms with E-state index in [1.54, 1.807) is 24.3 Å². The molecule has 0 radical (unpaired) electrons. The van der Waals surface area contributed by atoms with Crippen LogP contribution in [0.4, 0.5) is 14.9 Å². The normalized spacial score (nSPS) is 10.8. The fraction of sp³-hybridized carbons (Fsp3) is 0.167. The lowest BCUT2D eigenvalue weighted by atomic mass is 10.2. The molecule has 3 aromatic carbocycles. The van der Waals surface area contributed by atoms with E-state index in [9.17, 15) is 9.18 Å². The van der Waals surface area contributed by atoms with E-state index < -0.39 is 6.03 Å². The first-order valence-electron chi connectivity index (χ1n) is 9.95. The molecule has 32 heavy (non-hydrogen) atoms. The van der Waals surface area contributed by atoms with E-state index in [4.69, 9.17) is 9.47 Å². The molecule has 0 saturated carbocycles. The molecule has 0 fully saturated rings. The van der Waals surface area contributed by atoms with Crippen LogP contribution in [0.1, 0.15) is 23.6 Å². The van der Waals surface area contributed by atoms with Crippen LogP contribution >= 0.6 is 15.9 Å². The van der Waals surface area contributed by atoms with Crippen molar-refractivity contribution in [3.05, 3.63) is 87.6 Å². The molecule has 0 unspecified atom stereocenters. The van der Waals surface area contributed by atoms with Gasteiger partial charge in [-0.25, -0.2) is 14.6 Å². The van der Waals surface area contributed by atoms with Gasteiger partial charge in [-0.15, -0.1) is 0 Å². The van der Waals surface area contributed by atoms with Crippen molar-refractivity contribution in [1.29, 1.82) is 0 Å². The summed E-state index contributed by atoms with van der Waals surface area (Å²) in [5.41, 5.74) is 5.64. The zero-order chi connectivity index (χ0) is 22.9. The number of amides is 2. The maximum atomic E-state index is 13.1. The summed E-state index contributed by atoms with van der Waals surface area (Å²) in [6.45, 7) is 4.49. The maximum Gasteiger partial charge on any atom is 0.339 e. The zero-order valence-electron chi connectivity index (χ0n) is 17.7. The first-order valence-corrected chi connectivity index (χ1v) is 10.7. The Morgan fingerprint density at radius 3 is 2.53 bits per heavy atom. The molecule has 2 N–H and O–H groups in total. The number of anilines is 1. The Morgan fingerprint density at radius 2 is 1.81 bits per heavy atom. The average molecular weight is 500 g/mol. The van der Waals surface area contributed by atoms with Crippen LogP contribution in [-0.2, 0) is 6.61 Å². The summed E-state index contributed by atoms with van der Waals surface area (Å²) in [5.74, 6) is 0.769. The fourth-order valence-electron chi connectivity index (χ4n) is 2.80. The third-order valence-corrected chi connectivity index (χ3v) is 5.12. The molecule has 0 heterocycles. The zero-order valence-corrected chi connectivity index (χ0v) is 19.3. The highest BCUT2D eigenvalue weighted by atomic mass is 79.9. The molecule has 0 aliphatic rings. The van der Waals surface area contributed by atoms with E-state index in [0.717, 1.165) is 11.1 Å². The van der Waals surface area contributed by atoms with Gasteiger partial charge in [-0.05, 0) is 71.2 Å². The maximum absolute atomic E-state index is 13.1. The predicted molar refractivity (Wildman–Crippen MR) is 127 cm³/mol. The van der Waals surface area contributed by atoms with E-state index in [1.165, 1.54) is 18.3 Å². The molecular formula is C24H23BrFN3O3. The van der Waals surface area contributed by atoms with Gasteiger partial charge in [-0.3, -0.25) is 0 Å². The quantitative estimate of drug-likeness (QED) is 0.293. The number of benzene rings is 3. The summed E-state index contributed by atoms with van der Waals surface area (Å²) in [4.78, 5) is 12.1. The van der Waals surface area contributed by atoms with Crippen LogP contribution in [-0.4, -0.2) is 18.9 Å². The molecule has 3 aromatic rings. The number of rotatable bonds is 8. The molecule has 2 amide bonds. The predicted octanol–water partition coefficient (Wildman–Crippen LogP) is 6.03.